The Morgan fingerprint density at radius 3 is 2.00 bits per heavy atom. The minimum Gasteiger partial charge on any atom is -0.469 e. The van der Waals surface area contributed by atoms with E-state index in [2.05, 4.69) is 14.7 Å². The van der Waals surface area contributed by atoms with Crippen molar-refractivity contribution in [3.63, 3.8) is 0 Å². The predicted octanol–water partition coefficient (Wildman–Crippen LogP) is 2.67. The van der Waals surface area contributed by atoms with Crippen LogP contribution in [0.4, 0.5) is 4.79 Å². The maximum absolute atomic E-state index is 12.2. The molecule has 0 aromatic heterocycles. The van der Waals surface area contributed by atoms with E-state index in [4.69, 9.17) is 9.47 Å². The minimum absolute atomic E-state index is 0.109. The largest absolute Gasteiger partial charge is 0.469 e. The van der Waals surface area contributed by atoms with Crippen LogP contribution in [-0.4, -0.2) is 116 Å². The summed E-state index contributed by atoms with van der Waals surface area (Å²) in [7, 11) is 1.46. The summed E-state index contributed by atoms with van der Waals surface area (Å²) in [4.78, 5) is 33.2. The molecule has 0 N–H and O–H groups in total. The van der Waals surface area contributed by atoms with Gasteiger partial charge in [0.2, 0.25) is 0 Å². The SMILES string of the molecule is COC(=O)CCN1CCC(N2CCN(CCC3CCN(C(=O)OC(C)(C)C)CC3)CC2)CC1. The van der Waals surface area contributed by atoms with Crippen LogP contribution in [0.1, 0.15) is 59.3 Å². The molecule has 33 heavy (non-hydrogen) atoms. The van der Waals surface area contributed by atoms with Crippen molar-refractivity contribution in [2.75, 3.05) is 72.6 Å². The van der Waals surface area contributed by atoms with Gasteiger partial charge in [-0.1, -0.05) is 0 Å². The fraction of sp³-hybridized carbons (Fsp3) is 0.920. The van der Waals surface area contributed by atoms with Crippen LogP contribution in [0.25, 0.3) is 0 Å². The number of hydrogen-bond acceptors (Lipinski definition) is 7. The normalized spacial score (nSPS) is 23.0. The number of likely N-dealkylation sites (tertiary alicyclic amines) is 2. The minimum atomic E-state index is -0.419. The van der Waals surface area contributed by atoms with Gasteiger partial charge < -0.3 is 24.2 Å². The van der Waals surface area contributed by atoms with E-state index in [1.807, 2.05) is 25.7 Å². The number of piperazine rings is 1. The van der Waals surface area contributed by atoms with Crippen LogP contribution in [0.15, 0.2) is 0 Å². The quantitative estimate of drug-likeness (QED) is 0.535. The first-order valence-electron chi connectivity index (χ1n) is 13.0. The number of nitrogens with zero attached hydrogens (tertiary/aromatic N) is 4. The fourth-order valence-corrected chi connectivity index (χ4v) is 5.31. The second-order valence-electron chi connectivity index (χ2n) is 11.0. The van der Waals surface area contributed by atoms with Crippen LogP contribution in [0.2, 0.25) is 0 Å². The number of rotatable bonds is 7. The van der Waals surface area contributed by atoms with Gasteiger partial charge in [-0.25, -0.2) is 4.79 Å². The van der Waals surface area contributed by atoms with E-state index in [0.717, 1.165) is 51.5 Å². The highest BCUT2D eigenvalue weighted by Gasteiger charge is 2.29. The molecule has 3 aliphatic heterocycles. The fourth-order valence-electron chi connectivity index (χ4n) is 5.31. The zero-order valence-corrected chi connectivity index (χ0v) is 21.4. The van der Waals surface area contributed by atoms with Crippen molar-refractivity contribution >= 4 is 12.1 Å². The van der Waals surface area contributed by atoms with Crippen molar-refractivity contribution in [3.05, 3.63) is 0 Å². The third kappa shape index (κ3) is 8.72. The average molecular weight is 467 g/mol. The molecule has 8 heteroatoms. The number of ether oxygens (including phenoxy) is 2. The van der Waals surface area contributed by atoms with E-state index < -0.39 is 5.60 Å². The van der Waals surface area contributed by atoms with Crippen LogP contribution >= 0.6 is 0 Å². The summed E-state index contributed by atoms with van der Waals surface area (Å²) >= 11 is 0. The molecule has 0 bridgehead atoms. The summed E-state index contributed by atoms with van der Waals surface area (Å²) in [5, 5.41) is 0. The van der Waals surface area contributed by atoms with E-state index in [1.54, 1.807) is 0 Å². The Hall–Kier alpha value is -1.38. The number of carbonyl (C=O) groups is 2. The Kier molecular flexibility index (Phi) is 9.82. The number of hydrogen-bond donors (Lipinski definition) is 0. The van der Waals surface area contributed by atoms with Gasteiger partial charge in [0.1, 0.15) is 5.60 Å². The van der Waals surface area contributed by atoms with Crippen molar-refractivity contribution in [3.8, 4) is 0 Å². The van der Waals surface area contributed by atoms with Gasteiger partial charge in [-0.2, -0.15) is 0 Å². The van der Waals surface area contributed by atoms with Gasteiger partial charge in [0.25, 0.3) is 0 Å². The van der Waals surface area contributed by atoms with Gasteiger partial charge in [-0.15, -0.1) is 0 Å². The molecule has 0 aromatic rings. The van der Waals surface area contributed by atoms with E-state index in [1.165, 1.54) is 59.1 Å². The molecule has 3 heterocycles. The number of amides is 1. The molecule has 8 nitrogen and oxygen atoms in total. The molecule has 3 rings (SSSR count). The summed E-state index contributed by atoms with van der Waals surface area (Å²) in [6.45, 7) is 16.3. The maximum atomic E-state index is 12.2. The molecular weight excluding hydrogens is 420 g/mol. The van der Waals surface area contributed by atoms with Gasteiger partial charge in [0.05, 0.1) is 13.5 Å². The summed E-state index contributed by atoms with van der Waals surface area (Å²) in [6, 6.07) is 0.693. The smallest absolute Gasteiger partial charge is 0.410 e. The lowest BCUT2D eigenvalue weighted by molar-refractivity contribution is -0.141. The summed E-state index contributed by atoms with van der Waals surface area (Å²) in [6.07, 6.45) is 6.17. The maximum Gasteiger partial charge on any atom is 0.410 e. The summed E-state index contributed by atoms with van der Waals surface area (Å²) in [5.74, 6) is 0.609. The number of piperidine rings is 2. The van der Waals surface area contributed by atoms with Gasteiger partial charge in [0, 0.05) is 51.9 Å². The number of esters is 1. The van der Waals surface area contributed by atoms with Crippen LogP contribution in [0.3, 0.4) is 0 Å². The van der Waals surface area contributed by atoms with E-state index >= 15 is 0 Å². The molecule has 0 aliphatic carbocycles. The average Bonchev–Trinajstić information content (AvgIpc) is 2.81. The Morgan fingerprint density at radius 2 is 1.42 bits per heavy atom. The van der Waals surface area contributed by atoms with E-state index in [9.17, 15) is 9.59 Å². The number of methoxy groups -OCH3 is 1. The Morgan fingerprint density at radius 1 is 0.818 bits per heavy atom. The van der Waals surface area contributed by atoms with Gasteiger partial charge in [-0.3, -0.25) is 9.69 Å². The Labute approximate surface area is 200 Å². The monoisotopic (exact) mass is 466 g/mol. The van der Waals surface area contributed by atoms with Gasteiger partial charge in [-0.05, 0) is 78.4 Å². The third-order valence-electron chi connectivity index (χ3n) is 7.46. The molecule has 190 valence electrons. The van der Waals surface area contributed by atoms with Crippen molar-refractivity contribution in [2.45, 2.75) is 70.9 Å². The predicted molar refractivity (Wildman–Crippen MR) is 129 cm³/mol. The zero-order chi connectivity index (χ0) is 23.8. The second-order valence-corrected chi connectivity index (χ2v) is 11.0. The van der Waals surface area contributed by atoms with E-state index in [0.29, 0.717) is 12.5 Å². The van der Waals surface area contributed by atoms with Crippen LogP contribution in [-0.2, 0) is 14.3 Å². The lowest BCUT2D eigenvalue weighted by Gasteiger charge is -2.43. The molecule has 0 aromatic carbocycles. The molecule has 0 unspecified atom stereocenters. The zero-order valence-electron chi connectivity index (χ0n) is 21.4. The van der Waals surface area contributed by atoms with Crippen molar-refractivity contribution in [2.24, 2.45) is 5.92 Å². The lowest BCUT2D eigenvalue weighted by atomic mass is 9.93. The molecule has 0 atom stereocenters. The standard InChI is InChI=1S/C25H46N4O4/c1-25(2,3)33-24(31)29-15-6-21(7-16-29)5-11-27-17-19-28(20-18-27)22-8-12-26(13-9-22)14-10-23(30)32-4/h21-22H,5-20H2,1-4H3. The van der Waals surface area contributed by atoms with Crippen LogP contribution in [0.5, 0.6) is 0 Å². The Balaban J connectivity index is 1.27. The first-order valence-corrected chi connectivity index (χ1v) is 13.0. The van der Waals surface area contributed by atoms with Crippen molar-refractivity contribution < 1.29 is 19.1 Å². The number of carbonyl (C=O) groups excluding carboxylic acids is 2. The van der Waals surface area contributed by atoms with Crippen LogP contribution in [0, 0.1) is 5.92 Å². The highest BCUT2D eigenvalue weighted by molar-refractivity contribution is 5.69. The first-order chi connectivity index (χ1) is 15.7. The molecule has 0 radical (unpaired) electrons. The molecule has 3 aliphatic rings. The molecule has 0 spiro atoms. The first kappa shape index (κ1) is 26.2. The van der Waals surface area contributed by atoms with E-state index in [-0.39, 0.29) is 12.1 Å². The van der Waals surface area contributed by atoms with Crippen molar-refractivity contribution in [1.82, 2.24) is 19.6 Å². The highest BCUT2D eigenvalue weighted by Crippen LogP contribution is 2.24. The van der Waals surface area contributed by atoms with Gasteiger partial charge in [0.15, 0.2) is 0 Å². The Bertz CT molecular complexity index is 614. The molecular formula is C25H46N4O4. The molecule has 3 fully saturated rings. The third-order valence-corrected chi connectivity index (χ3v) is 7.46. The van der Waals surface area contributed by atoms with Crippen LogP contribution < -0.4 is 0 Å². The lowest BCUT2D eigenvalue weighted by Crippen LogP contribution is -2.53. The summed E-state index contributed by atoms with van der Waals surface area (Å²) < 4.78 is 10.3. The van der Waals surface area contributed by atoms with Gasteiger partial charge >= 0.3 is 12.1 Å². The summed E-state index contributed by atoms with van der Waals surface area (Å²) in [5.41, 5.74) is -0.419. The second kappa shape index (κ2) is 12.4. The molecule has 3 saturated heterocycles. The molecule has 1 amide bonds. The topological polar surface area (TPSA) is 65.6 Å². The van der Waals surface area contributed by atoms with Crippen molar-refractivity contribution in [1.29, 1.82) is 0 Å². The molecule has 0 saturated carbocycles. The highest BCUT2D eigenvalue weighted by atomic mass is 16.6.